The zero-order valence-corrected chi connectivity index (χ0v) is 12.0. The molecule has 0 radical (unpaired) electrons. The fourth-order valence-corrected chi connectivity index (χ4v) is 3.04. The average molecular weight is 301 g/mol. The minimum atomic E-state index is -0.477. The largest absolute Gasteiger partial charge is 0.397 e. The van der Waals surface area contributed by atoms with Crippen molar-refractivity contribution in [3.05, 3.63) is 52.9 Å². The van der Waals surface area contributed by atoms with Crippen LogP contribution in [0.4, 0.5) is 15.8 Å². The normalized spacial score (nSPS) is 10.8. The second kappa shape index (κ2) is 5.14. The molecule has 3 aromatic rings. The lowest BCUT2D eigenvalue weighted by Gasteiger charge is -2.06. The number of carbonyl (C=O) groups is 1. The van der Waals surface area contributed by atoms with E-state index in [9.17, 15) is 9.18 Å². The van der Waals surface area contributed by atoms with Crippen LogP contribution in [0.2, 0.25) is 0 Å². The highest BCUT2D eigenvalue weighted by molar-refractivity contribution is 7.21. The number of nitrogen functional groups attached to an aromatic ring is 1. The molecule has 2 aromatic heterocycles. The van der Waals surface area contributed by atoms with Crippen molar-refractivity contribution in [1.82, 2.24) is 4.98 Å². The Bertz CT molecular complexity index is 844. The minimum absolute atomic E-state index is 0.148. The first-order valence-electron chi connectivity index (χ1n) is 6.26. The summed E-state index contributed by atoms with van der Waals surface area (Å²) in [5.41, 5.74) is 7.39. The van der Waals surface area contributed by atoms with Gasteiger partial charge in [-0.05, 0) is 30.7 Å². The number of hydrogen-bond donors (Lipinski definition) is 2. The van der Waals surface area contributed by atoms with Crippen molar-refractivity contribution in [2.45, 2.75) is 6.92 Å². The number of hydrogen-bond acceptors (Lipinski definition) is 4. The molecular weight excluding hydrogens is 289 g/mol. The van der Waals surface area contributed by atoms with Crippen molar-refractivity contribution in [2.75, 3.05) is 11.1 Å². The van der Waals surface area contributed by atoms with E-state index in [2.05, 4.69) is 10.3 Å². The molecule has 0 bridgehead atoms. The Labute approximate surface area is 124 Å². The van der Waals surface area contributed by atoms with Crippen LogP contribution in [0.25, 0.3) is 10.1 Å². The summed E-state index contributed by atoms with van der Waals surface area (Å²) < 4.78 is 14.5. The summed E-state index contributed by atoms with van der Waals surface area (Å²) in [7, 11) is 0. The molecule has 1 aromatic carbocycles. The third kappa shape index (κ3) is 2.45. The van der Waals surface area contributed by atoms with Gasteiger partial charge < -0.3 is 11.1 Å². The van der Waals surface area contributed by atoms with E-state index >= 15 is 0 Å². The zero-order valence-electron chi connectivity index (χ0n) is 11.2. The van der Waals surface area contributed by atoms with E-state index in [1.165, 1.54) is 17.4 Å². The molecule has 1 amide bonds. The molecule has 3 rings (SSSR count). The lowest BCUT2D eigenvalue weighted by Crippen LogP contribution is -2.13. The lowest BCUT2D eigenvalue weighted by molar-refractivity contribution is 0.103. The molecule has 0 fully saturated rings. The standard InChI is InChI=1S/C15H12FN3OS/c1-8-2-3-10(16)11(6-8)19-15(20)14-13(17)9-4-5-18-7-12(9)21-14/h2-7H,17H2,1H3,(H,19,20). The van der Waals surface area contributed by atoms with E-state index < -0.39 is 11.7 Å². The van der Waals surface area contributed by atoms with Gasteiger partial charge in [-0.25, -0.2) is 4.39 Å². The number of nitrogens with zero attached hydrogens (tertiary/aromatic N) is 1. The molecule has 6 heteroatoms. The number of thiophene rings is 1. The van der Waals surface area contributed by atoms with Crippen molar-refractivity contribution in [1.29, 1.82) is 0 Å². The van der Waals surface area contributed by atoms with Gasteiger partial charge in [0.05, 0.1) is 16.1 Å². The Hall–Kier alpha value is -2.47. The number of nitrogens with two attached hydrogens (primary N) is 1. The molecular formula is C15H12FN3OS. The Morgan fingerprint density at radius 2 is 2.19 bits per heavy atom. The van der Waals surface area contributed by atoms with Gasteiger partial charge in [-0.1, -0.05) is 6.07 Å². The molecule has 0 atom stereocenters. The van der Waals surface area contributed by atoms with Crippen LogP contribution in [-0.4, -0.2) is 10.9 Å². The van der Waals surface area contributed by atoms with E-state index in [1.807, 2.05) is 6.92 Å². The topological polar surface area (TPSA) is 68.0 Å². The number of carbonyl (C=O) groups excluding carboxylic acids is 1. The predicted molar refractivity (Wildman–Crippen MR) is 83.1 cm³/mol. The van der Waals surface area contributed by atoms with Gasteiger partial charge >= 0.3 is 0 Å². The number of nitrogens with one attached hydrogen (secondary N) is 1. The summed E-state index contributed by atoms with van der Waals surface area (Å²) in [4.78, 5) is 16.7. The maximum Gasteiger partial charge on any atom is 0.267 e. The summed E-state index contributed by atoms with van der Waals surface area (Å²) in [6.07, 6.45) is 3.27. The van der Waals surface area contributed by atoms with Crippen LogP contribution < -0.4 is 11.1 Å². The van der Waals surface area contributed by atoms with Crippen LogP contribution in [-0.2, 0) is 0 Å². The van der Waals surface area contributed by atoms with E-state index in [0.717, 1.165) is 15.6 Å². The van der Waals surface area contributed by atoms with Gasteiger partial charge in [0.2, 0.25) is 0 Å². The van der Waals surface area contributed by atoms with Gasteiger partial charge in [0, 0.05) is 17.8 Å². The number of anilines is 2. The summed E-state index contributed by atoms with van der Waals surface area (Å²) in [5, 5.41) is 3.35. The molecule has 2 heterocycles. The van der Waals surface area contributed by atoms with Crippen molar-refractivity contribution in [3.8, 4) is 0 Å². The third-order valence-corrected chi connectivity index (χ3v) is 4.26. The molecule has 4 nitrogen and oxygen atoms in total. The molecule has 3 N–H and O–H groups in total. The number of aryl methyl sites for hydroxylation is 1. The molecule has 0 aliphatic rings. The number of fused-ring (bicyclic) bond motifs is 1. The van der Waals surface area contributed by atoms with Gasteiger partial charge in [-0.2, -0.15) is 0 Å². The number of benzene rings is 1. The van der Waals surface area contributed by atoms with Crippen LogP contribution in [0, 0.1) is 12.7 Å². The minimum Gasteiger partial charge on any atom is -0.397 e. The van der Waals surface area contributed by atoms with Gasteiger partial charge in [0.25, 0.3) is 5.91 Å². The Morgan fingerprint density at radius 1 is 1.38 bits per heavy atom. The van der Waals surface area contributed by atoms with Crippen LogP contribution >= 0.6 is 11.3 Å². The lowest BCUT2D eigenvalue weighted by atomic mass is 10.2. The summed E-state index contributed by atoms with van der Waals surface area (Å²) >= 11 is 1.24. The summed E-state index contributed by atoms with van der Waals surface area (Å²) in [6, 6.07) is 6.30. The van der Waals surface area contributed by atoms with Crippen molar-refractivity contribution in [2.24, 2.45) is 0 Å². The predicted octanol–water partition coefficient (Wildman–Crippen LogP) is 3.58. The first-order chi connectivity index (χ1) is 10.1. The van der Waals surface area contributed by atoms with Gasteiger partial charge in [-0.15, -0.1) is 11.3 Å². The smallest absolute Gasteiger partial charge is 0.267 e. The second-order valence-corrected chi connectivity index (χ2v) is 5.71. The molecule has 21 heavy (non-hydrogen) atoms. The highest BCUT2D eigenvalue weighted by Crippen LogP contribution is 2.33. The molecule has 106 valence electrons. The van der Waals surface area contributed by atoms with Crippen molar-refractivity contribution >= 4 is 38.7 Å². The summed E-state index contributed by atoms with van der Waals surface area (Å²) in [5.74, 6) is -0.895. The van der Waals surface area contributed by atoms with E-state index in [-0.39, 0.29) is 5.69 Å². The molecule has 0 spiro atoms. The molecule has 0 aliphatic heterocycles. The van der Waals surface area contributed by atoms with Gasteiger partial charge in [-0.3, -0.25) is 9.78 Å². The van der Waals surface area contributed by atoms with Crippen molar-refractivity contribution in [3.63, 3.8) is 0 Å². The molecule has 0 saturated carbocycles. The summed E-state index contributed by atoms with van der Waals surface area (Å²) in [6.45, 7) is 1.83. The fraction of sp³-hybridized carbons (Fsp3) is 0.0667. The first kappa shape index (κ1) is 13.5. The van der Waals surface area contributed by atoms with E-state index in [0.29, 0.717) is 10.6 Å². The zero-order chi connectivity index (χ0) is 15.0. The van der Waals surface area contributed by atoms with Crippen LogP contribution in [0.1, 0.15) is 15.2 Å². The number of aromatic nitrogens is 1. The number of rotatable bonds is 2. The molecule has 0 unspecified atom stereocenters. The quantitative estimate of drug-likeness (QED) is 0.760. The van der Waals surface area contributed by atoms with Crippen molar-refractivity contribution < 1.29 is 9.18 Å². The average Bonchev–Trinajstić information content (AvgIpc) is 2.81. The van der Waals surface area contributed by atoms with E-state index in [4.69, 9.17) is 5.73 Å². The third-order valence-electron chi connectivity index (χ3n) is 3.11. The SMILES string of the molecule is Cc1ccc(F)c(NC(=O)c2sc3cnccc3c2N)c1. The second-order valence-electron chi connectivity index (χ2n) is 4.65. The maximum absolute atomic E-state index is 13.7. The van der Waals surface area contributed by atoms with Crippen LogP contribution in [0.15, 0.2) is 36.7 Å². The van der Waals surface area contributed by atoms with Crippen LogP contribution in [0.3, 0.4) is 0 Å². The highest BCUT2D eigenvalue weighted by Gasteiger charge is 2.17. The Morgan fingerprint density at radius 3 is 2.95 bits per heavy atom. The number of amides is 1. The fourth-order valence-electron chi connectivity index (χ4n) is 2.05. The monoisotopic (exact) mass is 301 g/mol. The highest BCUT2D eigenvalue weighted by atomic mass is 32.1. The maximum atomic E-state index is 13.7. The number of pyridine rings is 1. The first-order valence-corrected chi connectivity index (χ1v) is 7.07. The Kier molecular flexibility index (Phi) is 3.31. The molecule has 0 saturated heterocycles. The number of halogens is 1. The van der Waals surface area contributed by atoms with Gasteiger partial charge in [0.15, 0.2) is 0 Å². The van der Waals surface area contributed by atoms with E-state index in [1.54, 1.807) is 30.6 Å². The van der Waals surface area contributed by atoms with Crippen LogP contribution in [0.5, 0.6) is 0 Å². The molecule has 0 aliphatic carbocycles. The Balaban J connectivity index is 1.97. The van der Waals surface area contributed by atoms with Gasteiger partial charge in [0.1, 0.15) is 10.7 Å².